The largest absolute Gasteiger partial charge is 0.354 e. The first-order chi connectivity index (χ1) is 12.9. The minimum absolute atomic E-state index is 0. The Morgan fingerprint density at radius 1 is 1.07 bits per heavy atom. The molecule has 2 aromatic rings. The second kappa shape index (κ2) is 12.0. The summed E-state index contributed by atoms with van der Waals surface area (Å²) in [6.45, 7) is 2.61. The van der Waals surface area contributed by atoms with E-state index < -0.39 is 10.0 Å². The lowest BCUT2D eigenvalue weighted by Gasteiger charge is -2.18. The molecule has 0 bridgehead atoms. The highest BCUT2D eigenvalue weighted by Gasteiger charge is 2.11. The molecule has 154 valence electrons. The Bertz CT molecular complexity index is 858. The first kappa shape index (κ1) is 24.4. The lowest BCUT2D eigenvalue weighted by atomic mass is 10.1. The van der Waals surface area contributed by atoms with E-state index in [-0.39, 0.29) is 34.9 Å². The molecular weight excluding hydrogens is 487 g/mol. The van der Waals surface area contributed by atoms with Gasteiger partial charge in [-0.05, 0) is 50.1 Å². The Morgan fingerprint density at radius 2 is 1.75 bits per heavy atom. The molecule has 2 aromatic carbocycles. The molecule has 0 fully saturated rings. The Morgan fingerprint density at radius 3 is 2.39 bits per heavy atom. The van der Waals surface area contributed by atoms with E-state index in [1.54, 1.807) is 25.2 Å². The van der Waals surface area contributed by atoms with Crippen molar-refractivity contribution in [3.05, 3.63) is 65.7 Å². The van der Waals surface area contributed by atoms with E-state index in [0.717, 1.165) is 18.4 Å². The normalized spacial score (nSPS) is 12.8. The molecule has 0 aliphatic carbocycles. The third-order valence-electron chi connectivity index (χ3n) is 4.25. The number of aliphatic imine (C=N–C) groups is 1. The van der Waals surface area contributed by atoms with Crippen molar-refractivity contribution in [3.63, 3.8) is 0 Å². The van der Waals surface area contributed by atoms with Crippen molar-refractivity contribution in [3.8, 4) is 0 Å². The van der Waals surface area contributed by atoms with E-state index in [0.29, 0.717) is 12.5 Å². The maximum absolute atomic E-state index is 11.9. The predicted molar refractivity (Wildman–Crippen MR) is 126 cm³/mol. The molecule has 3 N–H and O–H groups in total. The molecule has 0 saturated carbocycles. The number of nitrogens with one attached hydrogen (secondary N) is 3. The summed E-state index contributed by atoms with van der Waals surface area (Å²) in [6, 6.07) is 17.5. The van der Waals surface area contributed by atoms with Crippen molar-refractivity contribution in [2.24, 2.45) is 4.99 Å². The predicted octanol–water partition coefficient (Wildman–Crippen LogP) is 2.90. The molecule has 2 rings (SSSR count). The highest BCUT2D eigenvalue weighted by atomic mass is 127. The van der Waals surface area contributed by atoms with E-state index >= 15 is 0 Å². The van der Waals surface area contributed by atoms with Gasteiger partial charge in [0.15, 0.2) is 5.96 Å². The molecule has 0 heterocycles. The molecule has 8 heteroatoms. The molecular formula is C20H29IN4O2S. The zero-order valence-corrected chi connectivity index (χ0v) is 19.6. The minimum Gasteiger partial charge on any atom is -0.354 e. The summed E-state index contributed by atoms with van der Waals surface area (Å²) in [5.74, 6) is 0.692. The van der Waals surface area contributed by atoms with Crippen molar-refractivity contribution >= 4 is 40.0 Å². The fourth-order valence-corrected chi connectivity index (χ4v) is 3.45. The van der Waals surface area contributed by atoms with Crippen LogP contribution in [0.1, 0.15) is 24.5 Å². The average molecular weight is 516 g/mol. The van der Waals surface area contributed by atoms with E-state index in [9.17, 15) is 8.42 Å². The zero-order chi connectivity index (χ0) is 19.7. The van der Waals surface area contributed by atoms with Gasteiger partial charge >= 0.3 is 0 Å². The summed E-state index contributed by atoms with van der Waals surface area (Å²) in [7, 11) is -0.312. The van der Waals surface area contributed by atoms with E-state index in [4.69, 9.17) is 0 Å². The van der Waals surface area contributed by atoms with Gasteiger partial charge in [0.25, 0.3) is 0 Å². The molecule has 1 unspecified atom stereocenters. The van der Waals surface area contributed by atoms with Crippen LogP contribution in [-0.2, 0) is 23.0 Å². The summed E-state index contributed by atoms with van der Waals surface area (Å²) < 4.78 is 26.2. The molecule has 1 atom stereocenters. The smallest absolute Gasteiger partial charge is 0.240 e. The second-order valence-corrected chi connectivity index (χ2v) is 8.24. The Kier molecular flexibility index (Phi) is 10.5. The molecule has 0 saturated heterocycles. The van der Waals surface area contributed by atoms with Gasteiger partial charge < -0.3 is 10.6 Å². The first-order valence-corrected chi connectivity index (χ1v) is 10.5. The summed E-state index contributed by atoms with van der Waals surface area (Å²) in [6.07, 6.45) is 1.98. The first-order valence-electron chi connectivity index (χ1n) is 8.98. The SMILES string of the molecule is CN=C(NCc1cccc(S(=O)(=O)NC)c1)NC(C)CCc1ccccc1.I. The number of aryl methyl sites for hydroxylation is 1. The summed E-state index contributed by atoms with van der Waals surface area (Å²) in [4.78, 5) is 4.50. The maximum Gasteiger partial charge on any atom is 0.240 e. The zero-order valence-electron chi connectivity index (χ0n) is 16.5. The topological polar surface area (TPSA) is 82.6 Å². The van der Waals surface area contributed by atoms with Gasteiger partial charge in [-0.2, -0.15) is 0 Å². The Labute approximate surface area is 185 Å². The van der Waals surface area contributed by atoms with Gasteiger partial charge in [-0.1, -0.05) is 42.5 Å². The van der Waals surface area contributed by atoms with Crippen molar-refractivity contribution in [2.45, 2.75) is 37.2 Å². The number of guanidine groups is 1. The number of nitrogens with zero attached hydrogens (tertiary/aromatic N) is 1. The number of hydrogen-bond donors (Lipinski definition) is 3. The van der Waals surface area contributed by atoms with Crippen LogP contribution >= 0.6 is 24.0 Å². The lowest BCUT2D eigenvalue weighted by molar-refractivity contribution is 0.588. The van der Waals surface area contributed by atoms with Crippen LogP contribution < -0.4 is 15.4 Å². The van der Waals surface area contributed by atoms with Crippen LogP contribution in [0, 0.1) is 0 Å². The van der Waals surface area contributed by atoms with Gasteiger partial charge in [0.05, 0.1) is 4.90 Å². The van der Waals surface area contributed by atoms with Crippen LogP contribution in [0.5, 0.6) is 0 Å². The van der Waals surface area contributed by atoms with Crippen molar-refractivity contribution in [2.75, 3.05) is 14.1 Å². The summed E-state index contributed by atoms with van der Waals surface area (Å²) in [5, 5.41) is 6.61. The van der Waals surface area contributed by atoms with Crippen LogP contribution in [0.2, 0.25) is 0 Å². The van der Waals surface area contributed by atoms with Crippen molar-refractivity contribution < 1.29 is 8.42 Å². The highest BCUT2D eigenvalue weighted by Crippen LogP contribution is 2.11. The van der Waals surface area contributed by atoms with Gasteiger partial charge in [0, 0.05) is 19.6 Å². The molecule has 0 aromatic heterocycles. The van der Waals surface area contributed by atoms with Gasteiger partial charge in [-0.3, -0.25) is 4.99 Å². The molecule has 6 nitrogen and oxygen atoms in total. The number of sulfonamides is 1. The van der Waals surface area contributed by atoms with E-state index in [2.05, 4.69) is 51.5 Å². The molecule has 0 radical (unpaired) electrons. The van der Waals surface area contributed by atoms with Gasteiger partial charge in [0.2, 0.25) is 10.0 Å². The van der Waals surface area contributed by atoms with Gasteiger partial charge in [0.1, 0.15) is 0 Å². The maximum atomic E-state index is 11.9. The average Bonchev–Trinajstić information content (AvgIpc) is 2.70. The third kappa shape index (κ3) is 7.76. The highest BCUT2D eigenvalue weighted by molar-refractivity contribution is 14.0. The number of benzene rings is 2. The van der Waals surface area contributed by atoms with Crippen LogP contribution in [-0.4, -0.2) is 34.5 Å². The van der Waals surface area contributed by atoms with Crippen molar-refractivity contribution in [1.82, 2.24) is 15.4 Å². The number of hydrogen-bond acceptors (Lipinski definition) is 3. The Hall–Kier alpha value is -1.65. The van der Waals surface area contributed by atoms with E-state index in [1.165, 1.54) is 12.6 Å². The van der Waals surface area contributed by atoms with Gasteiger partial charge in [-0.25, -0.2) is 13.1 Å². The molecule has 0 aliphatic heterocycles. The molecule has 0 aliphatic rings. The Balaban J connectivity index is 0.00000392. The molecule has 0 spiro atoms. The molecule has 0 amide bonds. The second-order valence-electron chi connectivity index (χ2n) is 6.35. The summed E-state index contributed by atoms with van der Waals surface area (Å²) in [5.41, 5.74) is 2.18. The van der Waals surface area contributed by atoms with Crippen LogP contribution in [0.15, 0.2) is 64.5 Å². The van der Waals surface area contributed by atoms with Crippen LogP contribution in [0.3, 0.4) is 0 Å². The van der Waals surface area contributed by atoms with Crippen LogP contribution in [0.25, 0.3) is 0 Å². The lowest BCUT2D eigenvalue weighted by Crippen LogP contribution is -2.42. The number of rotatable bonds is 8. The standard InChI is InChI=1S/C20H28N4O2S.HI/c1-16(12-13-17-8-5-4-6-9-17)24-20(21-2)23-15-18-10-7-11-19(14-18)27(25,26)22-3;/h4-11,14,16,22H,12-13,15H2,1-3H3,(H2,21,23,24);1H. The van der Waals surface area contributed by atoms with E-state index in [1.807, 2.05) is 12.1 Å². The van der Waals surface area contributed by atoms with Gasteiger partial charge in [-0.15, -0.1) is 24.0 Å². The fourth-order valence-electron chi connectivity index (χ4n) is 2.65. The quantitative estimate of drug-likeness (QED) is 0.286. The summed E-state index contributed by atoms with van der Waals surface area (Å²) >= 11 is 0. The van der Waals surface area contributed by atoms with Crippen LogP contribution in [0.4, 0.5) is 0 Å². The van der Waals surface area contributed by atoms with Crippen molar-refractivity contribution in [1.29, 1.82) is 0 Å². The fraction of sp³-hybridized carbons (Fsp3) is 0.350. The molecule has 28 heavy (non-hydrogen) atoms. The monoisotopic (exact) mass is 516 g/mol. The minimum atomic E-state index is -3.44. The number of halogens is 1. The third-order valence-corrected chi connectivity index (χ3v) is 5.67.